The molecule has 0 heterocycles. The van der Waals surface area contributed by atoms with E-state index in [0.717, 1.165) is 51.4 Å². The minimum Gasteiger partial charge on any atom is -0.544 e. The smallest absolute Gasteiger partial charge is 0.306 e. The first-order valence-corrected chi connectivity index (χ1v) is 13.7. The Kier molecular flexibility index (Phi) is 20.0. The summed E-state index contributed by atoms with van der Waals surface area (Å²) in [5.74, 6) is -1.80. The lowest BCUT2D eigenvalue weighted by Crippen LogP contribution is -2.55. The first-order valence-electron chi connectivity index (χ1n) is 13.7. The lowest BCUT2D eigenvalue weighted by atomic mass is 10.1. The van der Waals surface area contributed by atoms with Crippen molar-refractivity contribution in [2.75, 3.05) is 41.0 Å². The summed E-state index contributed by atoms with van der Waals surface area (Å²) in [5, 5.41) is 11.4. The second kappa shape index (κ2) is 21.2. The molecule has 0 aromatic rings. The summed E-state index contributed by atoms with van der Waals surface area (Å²) in [7, 11) is 5.35. The molecule has 0 rings (SSSR count). The molecule has 8 nitrogen and oxygen atoms in total. The predicted octanol–water partition coefficient (Wildman–Crippen LogP) is 3.95. The molecule has 36 heavy (non-hydrogen) atoms. The molecule has 0 aromatic carbocycles. The minimum absolute atomic E-state index is 0.0370. The zero-order valence-corrected chi connectivity index (χ0v) is 23.4. The van der Waals surface area contributed by atoms with E-state index in [0.29, 0.717) is 12.8 Å². The third-order valence-electron chi connectivity index (χ3n) is 5.88. The predicted molar refractivity (Wildman–Crippen MR) is 139 cm³/mol. The molecule has 0 bridgehead atoms. The van der Waals surface area contributed by atoms with Crippen molar-refractivity contribution in [3.8, 4) is 0 Å². The van der Waals surface area contributed by atoms with Crippen LogP contribution in [-0.4, -0.2) is 75.5 Å². The Labute approximate surface area is 218 Å². The van der Waals surface area contributed by atoms with Gasteiger partial charge in [0.1, 0.15) is 12.6 Å². The van der Waals surface area contributed by atoms with Crippen LogP contribution in [0.2, 0.25) is 0 Å². The molecule has 0 spiro atoms. The van der Waals surface area contributed by atoms with Crippen LogP contribution in [0.15, 0.2) is 12.2 Å². The Morgan fingerprint density at radius 3 is 2.08 bits per heavy atom. The number of esters is 2. The molecule has 0 N–H and O–H groups in total. The summed E-state index contributed by atoms with van der Waals surface area (Å²) >= 11 is 0. The number of carbonyl (C=O) groups excluding carboxylic acids is 3. The van der Waals surface area contributed by atoms with Gasteiger partial charge in [0.05, 0.1) is 40.3 Å². The largest absolute Gasteiger partial charge is 0.544 e. The van der Waals surface area contributed by atoms with Crippen LogP contribution in [-0.2, 0) is 28.6 Å². The molecule has 0 radical (unpaired) electrons. The van der Waals surface area contributed by atoms with Gasteiger partial charge < -0.3 is 28.6 Å². The van der Waals surface area contributed by atoms with E-state index >= 15 is 0 Å². The highest BCUT2D eigenvalue weighted by atomic mass is 16.6. The van der Waals surface area contributed by atoms with Gasteiger partial charge in [-0.15, -0.1) is 0 Å². The number of unbranched alkanes of at least 4 members (excludes halogenated alkanes) is 7. The number of hydrogen-bond donors (Lipinski definition) is 0. The van der Waals surface area contributed by atoms with E-state index in [1.54, 1.807) is 21.1 Å². The molecule has 0 aromatic heterocycles. The average Bonchev–Trinajstić information content (AvgIpc) is 2.80. The van der Waals surface area contributed by atoms with Gasteiger partial charge in [0, 0.05) is 19.3 Å². The molecule has 0 aliphatic heterocycles. The maximum Gasteiger partial charge on any atom is 0.306 e. The van der Waals surface area contributed by atoms with Crippen molar-refractivity contribution in [3.63, 3.8) is 0 Å². The SMILES string of the molecule is CCC/C=C\CCCCCCCC(=O)OC(COCCC(C(=O)[O-])[N+](C)(C)C)COC(=O)CCCC. The van der Waals surface area contributed by atoms with E-state index in [1.807, 2.05) is 6.92 Å². The number of carboxylic acids is 1. The van der Waals surface area contributed by atoms with E-state index in [-0.39, 0.29) is 42.7 Å². The number of quaternary nitrogens is 1. The number of allylic oxidation sites excluding steroid dienone is 2. The summed E-state index contributed by atoms with van der Waals surface area (Å²) in [6, 6.07) is -0.717. The molecular weight excluding hydrogens is 462 g/mol. The molecule has 0 aliphatic carbocycles. The van der Waals surface area contributed by atoms with Gasteiger partial charge in [-0.05, 0) is 32.1 Å². The average molecular weight is 514 g/mol. The highest BCUT2D eigenvalue weighted by Gasteiger charge is 2.25. The Balaban J connectivity index is 4.44. The summed E-state index contributed by atoms with van der Waals surface area (Å²) in [6.07, 6.45) is 14.8. The van der Waals surface area contributed by atoms with Crippen molar-refractivity contribution in [2.24, 2.45) is 0 Å². The summed E-state index contributed by atoms with van der Waals surface area (Å²) in [5.41, 5.74) is 0. The van der Waals surface area contributed by atoms with Crippen molar-refractivity contribution < 1.29 is 38.2 Å². The normalized spacial score (nSPS) is 13.5. The van der Waals surface area contributed by atoms with Crippen LogP contribution >= 0.6 is 0 Å². The lowest BCUT2D eigenvalue weighted by Gasteiger charge is -2.34. The van der Waals surface area contributed by atoms with Gasteiger partial charge in [-0.2, -0.15) is 0 Å². The quantitative estimate of drug-likeness (QED) is 0.0882. The van der Waals surface area contributed by atoms with Crippen LogP contribution in [0.1, 0.15) is 97.3 Å². The highest BCUT2D eigenvalue weighted by molar-refractivity contribution is 5.70. The zero-order valence-electron chi connectivity index (χ0n) is 23.4. The van der Waals surface area contributed by atoms with Gasteiger partial charge in [0.25, 0.3) is 0 Å². The van der Waals surface area contributed by atoms with Crippen molar-refractivity contribution in [1.82, 2.24) is 0 Å². The van der Waals surface area contributed by atoms with Crippen molar-refractivity contribution in [3.05, 3.63) is 12.2 Å². The first kappa shape index (κ1) is 34.1. The highest BCUT2D eigenvalue weighted by Crippen LogP contribution is 2.11. The van der Waals surface area contributed by atoms with Crippen LogP contribution < -0.4 is 5.11 Å². The standard InChI is InChI=1S/C28H51NO7/c1-6-8-10-11-12-13-14-15-16-17-19-27(31)36-24(23-35-26(30)18-9-7-2)22-34-21-20-25(28(32)33)29(3,4)5/h10-11,24-25H,6-9,12-23H2,1-5H3/b11-10-. The van der Waals surface area contributed by atoms with E-state index in [1.165, 1.54) is 12.8 Å². The van der Waals surface area contributed by atoms with Crippen molar-refractivity contribution in [2.45, 2.75) is 109 Å². The number of ether oxygens (including phenoxy) is 3. The van der Waals surface area contributed by atoms with Crippen LogP contribution in [0.4, 0.5) is 0 Å². The molecule has 0 fully saturated rings. The van der Waals surface area contributed by atoms with Gasteiger partial charge in [-0.25, -0.2) is 0 Å². The number of hydrogen-bond acceptors (Lipinski definition) is 7. The summed E-state index contributed by atoms with van der Waals surface area (Å²) in [4.78, 5) is 35.6. The molecule has 8 heteroatoms. The van der Waals surface area contributed by atoms with Gasteiger partial charge in [0.15, 0.2) is 6.10 Å². The topological polar surface area (TPSA) is 102 Å². The second-order valence-electron chi connectivity index (χ2n) is 10.3. The number of likely N-dealkylation sites (N-methyl/N-ethyl adjacent to an activating group) is 1. The molecular formula is C28H51NO7. The van der Waals surface area contributed by atoms with Crippen molar-refractivity contribution in [1.29, 1.82) is 0 Å². The number of carbonyl (C=O) groups is 3. The van der Waals surface area contributed by atoms with Gasteiger partial charge in [-0.1, -0.05) is 58.1 Å². The molecule has 0 saturated heterocycles. The zero-order chi connectivity index (χ0) is 27.2. The van der Waals surface area contributed by atoms with E-state index < -0.39 is 18.1 Å². The van der Waals surface area contributed by atoms with Gasteiger partial charge in [0.2, 0.25) is 0 Å². The Morgan fingerprint density at radius 1 is 0.806 bits per heavy atom. The van der Waals surface area contributed by atoms with Crippen LogP contribution in [0.3, 0.4) is 0 Å². The minimum atomic E-state index is -1.13. The van der Waals surface area contributed by atoms with Crippen molar-refractivity contribution >= 4 is 17.9 Å². The maximum absolute atomic E-state index is 12.4. The third kappa shape index (κ3) is 19.3. The van der Waals surface area contributed by atoms with Crippen LogP contribution in [0, 0.1) is 0 Å². The lowest BCUT2D eigenvalue weighted by molar-refractivity contribution is -0.889. The maximum atomic E-state index is 12.4. The molecule has 2 atom stereocenters. The number of nitrogens with zero attached hydrogens (tertiary/aromatic N) is 1. The Bertz CT molecular complexity index is 628. The Morgan fingerprint density at radius 2 is 1.44 bits per heavy atom. The number of aliphatic carboxylic acids is 1. The fraction of sp³-hybridized carbons (Fsp3) is 0.821. The molecule has 0 amide bonds. The van der Waals surface area contributed by atoms with E-state index in [9.17, 15) is 19.5 Å². The van der Waals surface area contributed by atoms with E-state index in [4.69, 9.17) is 14.2 Å². The monoisotopic (exact) mass is 513 g/mol. The first-order chi connectivity index (χ1) is 17.1. The number of rotatable bonds is 23. The Hall–Kier alpha value is -1.93. The second-order valence-corrected chi connectivity index (χ2v) is 10.3. The van der Waals surface area contributed by atoms with E-state index in [2.05, 4.69) is 19.1 Å². The number of carboxylic acid groups (broad SMARTS) is 1. The molecule has 2 unspecified atom stereocenters. The van der Waals surface area contributed by atoms with Gasteiger partial charge in [-0.3, -0.25) is 9.59 Å². The van der Waals surface area contributed by atoms with Gasteiger partial charge >= 0.3 is 11.9 Å². The fourth-order valence-electron chi connectivity index (χ4n) is 3.64. The third-order valence-corrected chi connectivity index (χ3v) is 5.88. The van der Waals surface area contributed by atoms with Crippen LogP contribution in [0.5, 0.6) is 0 Å². The summed E-state index contributed by atoms with van der Waals surface area (Å²) in [6.45, 7) is 4.30. The molecule has 0 saturated carbocycles. The van der Waals surface area contributed by atoms with Crippen LogP contribution in [0.25, 0.3) is 0 Å². The summed E-state index contributed by atoms with van der Waals surface area (Å²) < 4.78 is 16.6. The molecule has 0 aliphatic rings. The fourth-order valence-corrected chi connectivity index (χ4v) is 3.64. The molecule has 210 valence electrons.